The number of pyridine rings is 1. The summed E-state index contributed by atoms with van der Waals surface area (Å²) in [5.74, 6) is 2.01. The molecule has 1 N–H and O–H groups in total. The smallest absolute Gasteiger partial charge is 0.272 e. The first kappa shape index (κ1) is 18.6. The van der Waals surface area contributed by atoms with Gasteiger partial charge in [-0.3, -0.25) is 9.78 Å². The highest BCUT2D eigenvalue weighted by Gasteiger charge is 2.28. The van der Waals surface area contributed by atoms with E-state index in [1.54, 1.807) is 42.6 Å². The molecule has 0 aliphatic carbocycles. The van der Waals surface area contributed by atoms with Gasteiger partial charge in [-0.25, -0.2) is 0 Å². The Bertz CT molecular complexity index is 699. The molecule has 0 saturated carbocycles. The van der Waals surface area contributed by atoms with Crippen LogP contribution in [0.15, 0.2) is 42.6 Å². The van der Waals surface area contributed by atoms with Gasteiger partial charge in [0.05, 0.1) is 13.7 Å². The Morgan fingerprint density at radius 3 is 2.60 bits per heavy atom. The predicted molar refractivity (Wildman–Crippen MR) is 95.1 cm³/mol. The van der Waals surface area contributed by atoms with Crippen LogP contribution in [-0.4, -0.2) is 47.7 Å². The lowest BCUT2D eigenvalue weighted by molar-refractivity contribution is 0.0524. The maximum atomic E-state index is 11.9. The van der Waals surface area contributed by atoms with Crippen LogP contribution in [-0.2, 0) is 0 Å². The Morgan fingerprint density at radius 2 is 2.04 bits per heavy atom. The largest absolute Gasteiger partial charge is 0.504 e. The fourth-order valence-electron chi connectivity index (χ4n) is 2.44. The third kappa shape index (κ3) is 5.11. The number of para-hydroxylation sites is 2. The SMILES string of the molecule is CCOc1ccnc(C(=O)N2CC(C)C2)c1.COc1ccccc1O. The van der Waals surface area contributed by atoms with Crippen LogP contribution in [0.4, 0.5) is 0 Å². The van der Waals surface area contributed by atoms with Gasteiger partial charge < -0.3 is 19.5 Å². The van der Waals surface area contributed by atoms with Crippen molar-refractivity contribution in [2.75, 3.05) is 26.8 Å². The summed E-state index contributed by atoms with van der Waals surface area (Å²) >= 11 is 0. The molecule has 1 aliphatic rings. The van der Waals surface area contributed by atoms with Crippen molar-refractivity contribution in [3.63, 3.8) is 0 Å². The Hall–Kier alpha value is -2.76. The lowest BCUT2D eigenvalue weighted by Crippen LogP contribution is -2.48. The number of rotatable bonds is 4. The minimum atomic E-state index is -0.000321. The van der Waals surface area contributed by atoms with Crippen LogP contribution in [0, 0.1) is 5.92 Å². The zero-order valence-corrected chi connectivity index (χ0v) is 14.8. The van der Waals surface area contributed by atoms with Crippen LogP contribution < -0.4 is 9.47 Å². The Balaban J connectivity index is 0.000000212. The zero-order valence-electron chi connectivity index (χ0n) is 14.8. The van der Waals surface area contributed by atoms with E-state index in [-0.39, 0.29) is 11.7 Å². The third-order valence-electron chi connectivity index (χ3n) is 3.70. The van der Waals surface area contributed by atoms with Crippen LogP contribution in [0.3, 0.4) is 0 Å². The number of methoxy groups -OCH3 is 1. The molecule has 0 unspecified atom stereocenters. The molecule has 2 aromatic rings. The first-order valence-corrected chi connectivity index (χ1v) is 8.25. The van der Waals surface area contributed by atoms with Crippen molar-refractivity contribution in [2.24, 2.45) is 5.92 Å². The minimum Gasteiger partial charge on any atom is -0.504 e. The van der Waals surface area contributed by atoms with Gasteiger partial charge in [0.1, 0.15) is 11.4 Å². The molecule has 6 nitrogen and oxygen atoms in total. The summed E-state index contributed by atoms with van der Waals surface area (Å²) in [6.45, 7) is 6.31. The highest BCUT2D eigenvalue weighted by Crippen LogP contribution is 2.23. The topological polar surface area (TPSA) is 71.9 Å². The summed E-state index contributed by atoms with van der Waals surface area (Å²) in [6, 6.07) is 10.3. The van der Waals surface area contributed by atoms with Gasteiger partial charge in [-0.15, -0.1) is 0 Å². The standard InChI is InChI=1S/C12H16N2O2.C7H8O2/c1-3-16-10-4-5-13-11(6-10)12(15)14-7-9(2)8-14;1-9-7-5-3-2-4-6(7)8/h4-6,9H,3,7-8H2,1-2H3;2-5,8H,1H3. The van der Waals surface area contributed by atoms with Gasteiger partial charge >= 0.3 is 0 Å². The summed E-state index contributed by atoms with van der Waals surface area (Å²) in [4.78, 5) is 17.8. The third-order valence-corrected chi connectivity index (χ3v) is 3.70. The van der Waals surface area contributed by atoms with E-state index in [1.165, 1.54) is 7.11 Å². The Labute approximate surface area is 148 Å². The van der Waals surface area contributed by atoms with E-state index in [9.17, 15) is 4.79 Å². The van der Waals surface area contributed by atoms with Crippen LogP contribution >= 0.6 is 0 Å². The van der Waals surface area contributed by atoms with Crippen molar-refractivity contribution in [1.29, 1.82) is 0 Å². The number of phenolic OH excluding ortho intramolecular Hbond substituents is 1. The number of likely N-dealkylation sites (tertiary alicyclic amines) is 1. The molecule has 1 amide bonds. The number of amides is 1. The summed E-state index contributed by atoms with van der Waals surface area (Å²) in [5, 5.41) is 8.99. The number of carbonyl (C=O) groups excluding carboxylic acids is 1. The van der Waals surface area contributed by atoms with Crippen LogP contribution in [0.5, 0.6) is 17.2 Å². The molecule has 1 aliphatic heterocycles. The molecule has 0 spiro atoms. The molecule has 1 saturated heterocycles. The van der Waals surface area contributed by atoms with Crippen LogP contribution in [0.25, 0.3) is 0 Å². The molecule has 25 heavy (non-hydrogen) atoms. The maximum absolute atomic E-state index is 11.9. The van der Waals surface area contributed by atoms with E-state index < -0.39 is 0 Å². The van der Waals surface area contributed by atoms with Crippen molar-refractivity contribution in [3.05, 3.63) is 48.3 Å². The van der Waals surface area contributed by atoms with E-state index in [1.807, 2.05) is 11.8 Å². The number of nitrogens with zero attached hydrogens (tertiary/aromatic N) is 2. The molecule has 134 valence electrons. The first-order chi connectivity index (χ1) is 12.0. The van der Waals surface area contributed by atoms with Gasteiger partial charge in [-0.1, -0.05) is 19.1 Å². The summed E-state index contributed by atoms with van der Waals surface area (Å²) < 4.78 is 10.1. The average molecular weight is 344 g/mol. The molecule has 3 rings (SSSR count). The van der Waals surface area contributed by atoms with Gasteiger partial charge in [0.15, 0.2) is 11.5 Å². The monoisotopic (exact) mass is 344 g/mol. The maximum Gasteiger partial charge on any atom is 0.272 e. The number of aromatic hydroxyl groups is 1. The molecular weight excluding hydrogens is 320 g/mol. The quantitative estimate of drug-likeness (QED) is 0.923. The molecular formula is C19H24N2O4. The fourth-order valence-corrected chi connectivity index (χ4v) is 2.44. The molecule has 6 heteroatoms. The van der Waals surface area contributed by atoms with E-state index in [4.69, 9.17) is 14.6 Å². The fraction of sp³-hybridized carbons (Fsp3) is 0.368. The van der Waals surface area contributed by atoms with Gasteiger partial charge in [0.2, 0.25) is 0 Å². The molecule has 0 bridgehead atoms. The second-order valence-electron chi connectivity index (χ2n) is 5.80. The first-order valence-electron chi connectivity index (χ1n) is 8.25. The lowest BCUT2D eigenvalue weighted by Gasteiger charge is -2.36. The number of hydrogen-bond donors (Lipinski definition) is 1. The van der Waals surface area contributed by atoms with E-state index in [0.29, 0.717) is 29.7 Å². The van der Waals surface area contributed by atoms with Crippen LogP contribution in [0.2, 0.25) is 0 Å². The van der Waals surface area contributed by atoms with E-state index >= 15 is 0 Å². The van der Waals surface area contributed by atoms with E-state index in [0.717, 1.165) is 13.1 Å². The summed E-state index contributed by atoms with van der Waals surface area (Å²) in [7, 11) is 1.52. The Kier molecular flexibility index (Phi) is 6.62. The highest BCUT2D eigenvalue weighted by atomic mass is 16.5. The van der Waals surface area contributed by atoms with Gasteiger partial charge in [-0.05, 0) is 31.0 Å². The summed E-state index contributed by atoms with van der Waals surface area (Å²) in [5.41, 5.74) is 0.470. The summed E-state index contributed by atoms with van der Waals surface area (Å²) in [6.07, 6.45) is 1.61. The molecule has 0 radical (unpaired) electrons. The lowest BCUT2D eigenvalue weighted by atomic mass is 10.0. The van der Waals surface area contributed by atoms with Crippen molar-refractivity contribution in [3.8, 4) is 17.2 Å². The van der Waals surface area contributed by atoms with Crippen molar-refractivity contribution in [2.45, 2.75) is 13.8 Å². The number of aromatic nitrogens is 1. The number of hydrogen-bond acceptors (Lipinski definition) is 5. The zero-order chi connectivity index (χ0) is 18.2. The van der Waals surface area contributed by atoms with Gasteiger partial charge in [-0.2, -0.15) is 0 Å². The molecule has 1 fully saturated rings. The van der Waals surface area contributed by atoms with Crippen molar-refractivity contribution in [1.82, 2.24) is 9.88 Å². The molecule has 2 heterocycles. The van der Waals surface area contributed by atoms with E-state index in [2.05, 4.69) is 11.9 Å². The Morgan fingerprint density at radius 1 is 1.32 bits per heavy atom. The van der Waals surface area contributed by atoms with Crippen molar-refractivity contribution >= 4 is 5.91 Å². The number of carbonyl (C=O) groups is 1. The van der Waals surface area contributed by atoms with Crippen molar-refractivity contribution < 1.29 is 19.4 Å². The van der Waals surface area contributed by atoms with Gasteiger partial charge in [0.25, 0.3) is 5.91 Å². The molecule has 1 aromatic heterocycles. The minimum absolute atomic E-state index is 0.000321. The predicted octanol–water partition coefficient (Wildman–Crippen LogP) is 2.97. The second-order valence-corrected chi connectivity index (χ2v) is 5.80. The average Bonchev–Trinajstić information content (AvgIpc) is 2.60. The molecule has 0 atom stereocenters. The van der Waals surface area contributed by atoms with Crippen LogP contribution in [0.1, 0.15) is 24.3 Å². The number of benzene rings is 1. The molecule has 1 aromatic carbocycles. The second kappa shape index (κ2) is 8.92. The normalized spacial score (nSPS) is 13.3. The van der Waals surface area contributed by atoms with Gasteiger partial charge in [0, 0.05) is 25.4 Å². The number of ether oxygens (including phenoxy) is 2. The number of phenols is 1. The highest BCUT2D eigenvalue weighted by molar-refractivity contribution is 5.93.